The third-order valence-corrected chi connectivity index (χ3v) is 4.37. The molecule has 0 bridgehead atoms. The third kappa shape index (κ3) is 3.02. The van der Waals surface area contributed by atoms with Gasteiger partial charge in [0, 0.05) is 21.5 Å². The molecule has 0 radical (unpaired) electrons. The van der Waals surface area contributed by atoms with Gasteiger partial charge in [-0.25, -0.2) is 4.79 Å². The molecule has 1 unspecified atom stereocenters. The van der Waals surface area contributed by atoms with Gasteiger partial charge >= 0.3 is 5.97 Å². The third-order valence-electron chi connectivity index (χ3n) is 3.39. The van der Waals surface area contributed by atoms with Crippen molar-refractivity contribution >= 4 is 23.0 Å². The second-order valence-corrected chi connectivity index (χ2v) is 6.53. The predicted octanol–water partition coefficient (Wildman–Crippen LogP) is 4.54. The molecule has 1 heterocycles. The van der Waals surface area contributed by atoms with E-state index in [9.17, 15) is 4.79 Å². The molecule has 0 amide bonds. The highest BCUT2D eigenvalue weighted by Crippen LogP contribution is 2.29. The van der Waals surface area contributed by atoms with Crippen LogP contribution in [0.1, 0.15) is 44.2 Å². The molecule has 1 aromatic carbocycles. The summed E-state index contributed by atoms with van der Waals surface area (Å²) in [6, 6.07) is 7.58. The van der Waals surface area contributed by atoms with Gasteiger partial charge in [-0.2, -0.15) is 0 Å². The second-order valence-electron chi connectivity index (χ2n) is 5.07. The van der Waals surface area contributed by atoms with Crippen molar-refractivity contribution in [3.05, 3.63) is 50.7 Å². The molecule has 2 rings (SSSR count). The van der Waals surface area contributed by atoms with Gasteiger partial charge in [-0.05, 0) is 63.1 Å². The van der Waals surface area contributed by atoms with Gasteiger partial charge < -0.3 is 10.4 Å². The van der Waals surface area contributed by atoms with E-state index in [0.29, 0.717) is 5.56 Å². The summed E-state index contributed by atoms with van der Waals surface area (Å²) in [5.74, 6) is -0.892. The maximum atomic E-state index is 10.9. The number of carboxylic acid groups (broad SMARTS) is 1. The molecule has 0 aliphatic heterocycles. The Bertz CT molecular complexity index is 646. The van der Waals surface area contributed by atoms with Crippen molar-refractivity contribution in [2.45, 2.75) is 33.7 Å². The van der Waals surface area contributed by atoms with Crippen LogP contribution in [0.15, 0.2) is 24.3 Å². The molecule has 106 valence electrons. The van der Waals surface area contributed by atoms with E-state index >= 15 is 0 Å². The van der Waals surface area contributed by atoms with Gasteiger partial charge in [0.1, 0.15) is 0 Å². The summed E-state index contributed by atoms with van der Waals surface area (Å²) >= 11 is 1.80. The number of hydrogen-bond donors (Lipinski definition) is 2. The van der Waals surface area contributed by atoms with Gasteiger partial charge in [0.25, 0.3) is 0 Å². The Balaban J connectivity index is 2.22. The smallest absolute Gasteiger partial charge is 0.335 e. The molecule has 0 saturated carbocycles. The summed E-state index contributed by atoms with van der Waals surface area (Å²) in [7, 11) is 0. The molecule has 0 fully saturated rings. The summed E-state index contributed by atoms with van der Waals surface area (Å²) in [6.45, 7) is 8.29. The second kappa shape index (κ2) is 5.67. The lowest BCUT2D eigenvalue weighted by atomic mass is 10.1. The number of thiophene rings is 1. The summed E-state index contributed by atoms with van der Waals surface area (Å²) in [4.78, 5) is 13.6. The SMILES string of the molecule is Cc1cc(C(C)Nc2ccc(C(=O)O)cc2C)c(C)s1. The van der Waals surface area contributed by atoms with Crippen LogP contribution in [-0.4, -0.2) is 11.1 Å². The van der Waals surface area contributed by atoms with Gasteiger partial charge in [0.05, 0.1) is 5.56 Å². The molecule has 2 N–H and O–H groups in total. The first kappa shape index (κ1) is 14.6. The maximum absolute atomic E-state index is 10.9. The van der Waals surface area contributed by atoms with E-state index < -0.39 is 5.97 Å². The Morgan fingerprint density at radius 2 is 1.95 bits per heavy atom. The molecule has 2 aromatic rings. The highest BCUT2D eigenvalue weighted by atomic mass is 32.1. The molecular weight excluding hydrogens is 270 g/mol. The van der Waals surface area contributed by atoms with Crippen LogP contribution in [0.4, 0.5) is 5.69 Å². The lowest BCUT2D eigenvalue weighted by Crippen LogP contribution is -2.08. The molecule has 3 nitrogen and oxygen atoms in total. The van der Waals surface area contributed by atoms with E-state index in [1.54, 1.807) is 23.5 Å². The number of nitrogens with one attached hydrogen (secondary N) is 1. The largest absolute Gasteiger partial charge is 0.478 e. The number of hydrogen-bond acceptors (Lipinski definition) is 3. The first-order valence-corrected chi connectivity index (χ1v) is 7.37. The number of aryl methyl sites for hydroxylation is 3. The summed E-state index contributed by atoms with van der Waals surface area (Å²) in [5, 5.41) is 12.4. The lowest BCUT2D eigenvalue weighted by molar-refractivity contribution is 0.0697. The number of carboxylic acids is 1. The average molecular weight is 289 g/mol. The van der Waals surface area contributed by atoms with E-state index in [0.717, 1.165) is 11.3 Å². The number of carbonyl (C=O) groups is 1. The Morgan fingerprint density at radius 3 is 2.45 bits per heavy atom. The highest BCUT2D eigenvalue weighted by Gasteiger charge is 2.13. The van der Waals surface area contributed by atoms with Crippen molar-refractivity contribution in [3.63, 3.8) is 0 Å². The minimum absolute atomic E-state index is 0.203. The van der Waals surface area contributed by atoms with E-state index in [2.05, 4.69) is 32.2 Å². The van der Waals surface area contributed by atoms with Crippen molar-refractivity contribution in [1.29, 1.82) is 0 Å². The minimum atomic E-state index is -0.892. The fourth-order valence-corrected chi connectivity index (χ4v) is 3.37. The van der Waals surface area contributed by atoms with Crippen LogP contribution in [0.3, 0.4) is 0 Å². The zero-order valence-electron chi connectivity index (χ0n) is 12.2. The van der Waals surface area contributed by atoms with E-state index in [1.165, 1.54) is 15.3 Å². The topological polar surface area (TPSA) is 49.3 Å². The fraction of sp³-hybridized carbons (Fsp3) is 0.312. The number of benzene rings is 1. The predicted molar refractivity (Wildman–Crippen MR) is 84.0 cm³/mol. The first-order valence-electron chi connectivity index (χ1n) is 6.56. The molecule has 1 atom stereocenters. The molecule has 0 saturated heterocycles. The maximum Gasteiger partial charge on any atom is 0.335 e. The summed E-state index contributed by atoms with van der Waals surface area (Å²) < 4.78 is 0. The molecule has 0 spiro atoms. The fourth-order valence-electron chi connectivity index (χ4n) is 2.35. The van der Waals surface area contributed by atoms with Gasteiger partial charge in [-0.1, -0.05) is 0 Å². The lowest BCUT2D eigenvalue weighted by Gasteiger charge is -2.17. The highest BCUT2D eigenvalue weighted by molar-refractivity contribution is 7.12. The van der Waals surface area contributed by atoms with E-state index in [1.807, 2.05) is 13.0 Å². The van der Waals surface area contributed by atoms with Crippen LogP contribution in [0, 0.1) is 20.8 Å². The molecule has 20 heavy (non-hydrogen) atoms. The van der Waals surface area contributed by atoms with Crippen LogP contribution in [0.2, 0.25) is 0 Å². The summed E-state index contributed by atoms with van der Waals surface area (Å²) in [5.41, 5.74) is 3.55. The van der Waals surface area contributed by atoms with Crippen LogP contribution >= 0.6 is 11.3 Å². The minimum Gasteiger partial charge on any atom is -0.478 e. The monoisotopic (exact) mass is 289 g/mol. The first-order chi connectivity index (χ1) is 9.38. The van der Waals surface area contributed by atoms with Crippen molar-refractivity contribution in [3.8, 4) is 0 Å². The number of rotatable bonds is 4. The normalized spacial score (nSPS) is 12.2. The Morgan fingerprint density at radius 1 is 1.25 bits per heavy atom. The van der Waals surface area contributed by atoms with Crippen molar-refractivity contribution in [2.24, 2.45) is 0 Å². The van der Waals surface area contributed by atoms with Crippen LogP contribution in [0.5, 0.6) is 0 Å². The van der Waals surface area contributed by atoms with Gasteiger partial charge in [0.15, 0.2) is 0 Å². The van der Waals surface area contributed by atoms with Gasteiger partial charge in [0.2, 0.25) is 0 Å². The van der Waals surface area contributed by atoms with Gasteiger partial charge in [-0.15, -0.1) is 11.3 Å². The quantitative estimate of drug-likeness (QED) is 0.868. The van der Waals surface area contributed by atoms with Crippen LogP contribution in [0.25, 0.3) is 0 Å². The van der Waals surface area contributed by atoms with Gasteiger partial charge in [-0.3, -0.25) is 0 Å². The standard InChI is InChI=1S/C16H19NO2S/c1-9-7-13(16(18)19)5-6-15(9)17-11(3)14-8-10(2)20-12(14)4/h5-8,11,17H,1-4H3,(H,18,19). The van der Waals surface area contributed by atoms with Crippen LogP contribution < -0.4 is 5.32 Å². The molecule has 0 aliphatic carbocycles. The average Bonchev–Trinajstić information content (AvgIpc) is 2.70. The Hall–Kier alpha value is -1.81. The van der Waals surface area contributed by atoms with Crippen molar-refractivity contribution in [2.75, 3.05) is 5.32 Å². The van der Waals surface area contributed by atoms with E-state index in [-0.39, 0.29) is 6.04 Å². The number of aromatic carboxylic acids is 1. The molecule has 1 aromatic heterocycles. The Kier molecular flexibility index (Phi) is 4.14. The zero-order valence-corrected chi connectivity index (χ0v) is 13.0. The van der Waals surface area contributed by atoms with E-state index in [4.69, 9.17) is 5.11 Å². The summed E-state index contributed by atoms with van der Waals surface area (Å²) in [6.07, 6.45) is 0. The molecule has 4 heteroatoms. The van der Waals surface area contributed by atoms with Crippen LogP contribution in [-0.2, 0) is 0 Å². The van der Waals surface area contributed by atoms with Crippen molar-refractivity contribution < 1.29 is 9.90 Å². The Labute approximate surface area is 123 Å². The zero-order chi connectivity index (χ0) is 14.9. The number of anilines is 1. The molecular formula is C16H19NO2S. The molecule has 0 aliphatic rings. The van der Waals surface area contributed by atoms with Crippen molar-refractivity contribution in [1.82, 2.24) is 0 Å².